The van der Waals surface area contributed by atoms with Crippen molar-refractivity contribution in [2.75, 3.05) is 26.4 Å². The van der Waals surface area contributed by atoms with E-state index in [0.29, 0.717) is 12.8 Å². The van der Waals surface area contributed by atoms with Gasteiger partial charge in [-0.25, -0.2) is 0 Å². The minimum absolute atomic E-state index is 0.169. The van der Waals surface area contributed by atoms with Crippen LogP contribution < -0.4 is 0 Å². The minimum atomic E-state index is -1.75. The molecule has 2 saturated heterocycles. The van der Waals surface area contributed by atoms with Crippen molar-refractivity contribution in [2.45, 2.75) is 191 Å². The molecule has 2 heterocycles. The van der Waals surface area contributed by atoms with Gasteiger partial charge in [0.05, 0.1) is 19.8 Å². The Morgan fingerprint density at radius 1 is 0.549 bits per heavy atom. The van der Waals surface area contributed by atoms with Crippen molar-refractivity contribution >= 4 is 11.9 Å². The quantitative estimate of drug-likeness (QED) is 0.0470. The first-order chi connectivity index (χ1) is 24.5. The van der Waals surface area contributed by atoms with Crippen LogP contribution >= 0.6 is 0 Å². The van der Waals surface area contributed by atoms with E-state index in [1.807, 2.05) is 6.92 Å². The predicted octanol–water partition coefficient (Wildman–Crippen LogP) is 1.75. The molecular weight excluding hydrogens is 672 g/mol. The first kappa shape index (κ1) is 45.7. The van der Waals surface area contributed by atoms with Gasteiger partial charge in [0.2, 0.25) is 0 Å². The van der Waals surface area contributed by atoms with Gasteiger partial charge in [-0.05, 0) is 12.8 Å². The third-order valence-corrected chi connectivity index (χ3v) is 9.31. The normalized spacial score (nSPS) is 30.2. The molecule has 0 amide bonds. The van der Waals surface area contributed by atoms with Gasteiger partial charge in [0.1, 0.15) is 55.4 Å². The smallest absolute Gasteiger partial charge is 0.306 e. The maximum absolute atomic E-state index is 12.7. The molecule has 0 radical (unpaired) electrons. The molecule has 0 spiro atoms. The van der Waals surface area contributed by atoms with Crippen molar-refractivity contribution < 1.29 is 73.8 Å². The van der Waals surface area contributed by atoms with Crippen LogP contribution in [-0.2, 0) is 38.0 Å². The molecule has 0 aromatic rings. The zero-order valence-electron chi connectivity index (χ0n) is 30.6. The number of ether oxygens (including phenoxy) is 6. The zero-order valence-corrected chi connectivity index (χ0v) is 30.6. The number of aliphatic hydroxyl groups is 7. The molecule has 15 heteroatoms. The van der Waals surface area contributed by atoms with Crippen LogP contribution in [0.4, 0.5) is 0 Å². The number of carbonyl (C=O) groups is 2. The fourth-order valence-electron chi connectivity index (χ4n) is 6.08. The second kappa shape index (κ2) is 26.3. The van der Waals surface area contributed by atoms with Gasteiger partial charge in [-0.3, -0.25) is 9.59 Å². The van der Waals surface area contributed by atoms with E-state index in [1.165, 1.54) is 64.2 Å². The summed E-state index contributed by atoms with van der Waals surface area (Å²) >= 11 is 0. The molecule has 2 rings (SSSR count). The Hall–Kier alpha value is -1.50. The Morgan fingerprint density at radius 2 is 1.04 bits per heavy atom. The molecule has 0 aromatic carbocycles. The summed E-state index contributed by atoms with van der Waals surface area (Å²) in [6.07, 6.45) is 0.699. The molecule has 0 bridgehead atoms. The molecule has 11 unspecified atom stereocenters. The summed E-state index contributed by atoms with van der Waals surface area (Å²) in [6.45, 7) is 2.16. The topological polar surface area (TPSA) is 231 Å². The highest BCUT2D eigenvalue weighted by Gasteiger charge is 2.47. The maximum Gasteiger partial charge on any atom is 0.306 e. The number of rotatable bonds is 27. The van der Waals surface area contributed by atoms with E-state index in [0.717, 1.165) is 19.3 Å². The Balaban J connectivity index is 1.79. The average Bonchev–Trinajstić information content (AvgIpc) is 3.11. The molecule has 2 fully saturated rings. The number of aliphatic hydroxyl groups excluding tert-OH is 7. The summed E-state index contributed by atoms with van der Waals surface area (Å²) < 4.78 is 32.8. The van der Waals surface area contributed by atoms with Crippen LogP contribution in [0.2, 0.25) is 0 Å². The average molecular weight is 739 g/mol. The van der Waals surface area contributed by atoms with Gasteiger partial charge in [0, 0.05) is 12.8 Å². The van der Waals surface area contributed by atoms with E-state index in [2.05, 4.69) is 6.92 Å². The van der Waals surface area contributed by atoms with Crippen LogP contribution in [0.1, 0.15) is 123 Å². The molecule has 300 valence electrons. The van der Waals surface area contributed by atoms with Gasteiger partial charge in [-0.1, -0.05) is 97.3 Å². The fourth-order valence-corrected chi connectivity index (χ4v) is 6.08. The molecule has 11 atom stereocenters. The highest BCUT2D eigenvalue weighted by atomic mass is 16.7. The number of carbonyl (C=O) groups excluding carboxylic acids is 2. The van der Waals surface area contributed by atoms with E-state index in [9.17, 15) is 45.3 Å². The van der Waals surface area contributed by atoms with Crippen LogP contribution in [0.25, 0.3) is 0 Å². The second-order valence-electron chi connectivity index (χ2n) is 13.8. The summed E-state index contributed by atoms with van der Waals surface area (Å²) in [5, 5.41) is 71.1. The van der Waals surface area contributed by atoms with Crippen molar-refractivity contribution in [1.29, 1.82) is 0 Å². The van der Waals surface area contributed by atoms with Gasteiger partial charge < -0.3 is 64.2 Å². The van der Waals surface area contributed by atoms with E-state index >= 15 is 0 Å². The Labute approximate surface area is 302 Å². The monoisotopic (exact) mass is 738 g/mol. The lowest BCUT2D eigenvalue weighted by Crippen LogP contribution is -2.61. The zero-order chi connectivity index (χ0) is 37.6. The molecule has 51 heavy (non-hydrogen) atoms. The SMILES string of the molecule is CCCCCCCCCCCCCCCCC(=O)OC(COC(=O)CCC)COC1OC(COC2OC(CO)C(O)C(O)C2O)C(O)C(O)C1O. The first-order valence-electron chi connectivity index (χ1n) is 19.1. The predicted molar refractivity (Wildman–Crippen MR) is 183 cm³/mol. The van der Waals surface area contributed by atoms with Crippen molar-refractivity contribution in [3.8, 4) is 0 Å². The molecule has 2 aliphatic rings. The minimum Gasteiger partial charge on any atom is -0.462 e. The standard InChI is InChI=1S/C36H66O15/c1-3-5-6-7-8-9-10-11-12-13-14-15-16-17-19-28(39)49-24(21-46-27(38)18-4-2)22-47-35-34(45)32(43)30(41)26(51-35)23-48-36-33(44)31(42)29(40)25(20-37)50-36/h24-26,29-37,40-45H,3-23H2,1-2H3. The van der Waals surface area contributed by atoms with Crippen LogP contribution in [0.15, 0.2) is 0 Å². The van der Waals surface area contributed by atoms with Gasteiger partial charge in [-0.2, -0.15) is 0 Å². The Kier molecular flexibility index (Phi) is 23.5. The number of esters is 2. The molecule has 0 aromatic heterocycles. The molecular formula is C36H66O15. The summed E-state index contributed by atoms with van der Waals surface area (Å²) in [6, 6.07) is 0. The highest BCUT2D eigenvalue weighted by molar-refractivity contribution is 5.70. The van der Waals surface area contributed by atoms with Crippen LogP contribution in [0.5, 0.6) is 0 Å². The van der Waals surface area contributed by atoms with Crippen LogP contribution in [0, 0.1) is 0 Å². The third-order valence-electron chi connectivity index (χ3n) is 9.31. The second-order valence-corrected chi connectivity index (χ2v) is 13.8. The summed E-state index contributed by atoms with van der Waals surface area (Å²) in [4.78, 5) is 24.7. The Bertz CT molecular complexity index is 923. The molecule has 0 aliphatic carbocycles. The summed E-state index contributed by atoms with van der Waals surface area (Å²) in [7, 11) is 0. The fraction of sp³-hybridized carbons (Fsp3) is 0.944. The van der Waals surface area contributed by atoms with Crippen LogP contribution in [0.3, 0.4) is 0 Å². The van der Waals surface area contributed by atoms with E-state index in [1.54, 1.807) is 0 Å². The number of unbranched alkanes of at least 4 members (excludes halogenated alkanes) is 13. The largest absolute Gasteiger partial charge is 0.462 e. The maximum atomic E-state index is 12.7. The lowest BCUT2D eigenvalue weighted by Gasteiger charge is -2.42. The number of hydrogen-bond donors (Lipinski definition) is 7. The highest BCUT2D eigenvalue weighted by Crippen LogP contribution is 2.26. The Morgan fingerprint density at radius 3 is 1.57 bits per heavy atom. The molecule has 0 saturated carbocycles. The van der Waals surface area contributed by atoms with Gasteiger partial charge >= 0.3 is 11.9 Å². The molecule has 7 N–H and O–H groups in total. The first-order valence-corrected chi connectivity index (χ1v) is 19.1. The van der Waals surface area contributed by atoms with Crippen molar-refractivity contribution in [1.82, 2.24) is 0 Å². The van der Waals surface area contributed by atoms with Crippen molar-refractivity contribution in [3.05, 3.63) is 0 Å². The van der Waals surface area contributed by atoms with Crippen molar-refractivity contribution in [3.63, 3.8) is 0 Å². The lowest BCUT2D eigenvalue weighted by atomic mass is 9.98. The third kappa shape index (κ3) is 17.0. The lowest BCUT2D eigenvalue weighted by molar-refractivity contribution is -0.332. The summed E-state index contributed by atoms with van der Waals surface area (Å²) in [5.41, 5.74) is 0. The van der Waals surface area contributed by atoms with E-state index in [4.69, 9.17) is 28.4 Å². The summed E-state index contributed by atoms with van der Waals surface area (Å²) in [5.74, 6) is -0.983. The molecule has 2 aliphatic heterocycles. The van der Waals surface area contributed by atoms with Crippen molar-refractivity contribution in [2.24, 2.45) is 0 Å². The van der Waals surface area contributed by atoms with E-state index in [-0.39, 0.29) is 26.1 Å². The number of hydrogen-bond acceptors (Lipinski definition) is 15. The van der Waals surface area contributed by atoms with Gasteiger partial charge in [0.25, 0.3) is 0 Å². The van der Waals surface area contributed by atoms with Crippen LogP contribution in [-0.4, -0.2) is 142 Å². The van der Waals surface area contributed by atoms with Gasteiger partial charge in [0.15, 0.2) is 18.7 Å². The van der Waals surface area contributed by atoms with E-state index < -0.39 is 92.7 Å². The molecule has 15 nitrogen and oxygen atoms in total. The van der Waals surface area contributed by atoms with Gasteiger partial charge in [-0.15, -0.1) is 0 Å².